The third-order valence-electron chi connectivity index (χ3n) is 4.25. The molecule has 1 aromatic carbocycles. The standard InChI is InChI=1S/C20H16F6N4O2/c1-12(16-6-5-15(10-28-16)32-11-19(21,22)23)29-18(31)17-27-7-8-30(17)14-4-2-3-13(9-14)20(24,25)26/h2-10,12H,11H2,1H3,(H,29,31)/t12-/m1/s1. The fourth-order valence-electron chi connectivity index (χ4n) is 2.75. The highest BCUT2D eigenvalue weighted by atomic mass is 19.4. The number of alkyl halides is 6. The topological polar surface area (TPSA) is 69.0 Å². The molecule has 170 valence electrons. The molecule has 32 heavy (non-hydrogen) atoms. The molecule has 2 aromatic heterocycles. The van der Waals surface area contributed by atoms with Crippen molar-refractivity contribution in [3.05, 3.63) is 72.1 Å². The Bertz CT molecular complexity index is 1080. The molecule has 0 aliphatic rings. The molecule has 12 heteroatoms. The molecule has 0 aliphatic carbocycles. The zero-order valence-corrected chi connectivity index (χ0v) is 16.4. The molecule has 0 fully saturated rings. The lowest BCUT2D eigenvalue weighted by Crippen LogP contribution is -2.29. The van der Waals surface area contributed by atoms with Crippen molar-refractivity contribution in [2.45, 2.75) is 25.3 Å². The first kappa shape index (κ1) is 23.1. The number of halogens is 6. The summed E-state index contributed by atoms with van der Waals surface area (Å²) < 4.78 is 81.4. The van der Waals surface area contributed by atoms with E-state index in [0.29, 0.717) is 5.69 Å². The molecule has 0 aliphatic heterocycles. The second-order valence-corrected chi connectivity index (χ2v) is 6.69. The van der Waals surface area contributed by atoms with Crippen LogP contribution in [0.15, 0.2) is 55.0 Å². The van der Waals surface area contributed by atoms with E-state index in [0.717, 1.165) is 18.3 Å². The second kappa shape index (κ2) is 8.89. The predicted octanol–water partition coefficient (Wildman–Crippen LogP) is 4.72. The van der Waals surface area contributed by atoms with Gasteiger partial charge in [-0.2, -0.15) is 26.3 Å². The number of pyridine rings is 1. The number of nitrogens with one attached hydrogen (secondary N) is 1. The maximum absolute atomic E-state index is 13.0. The van der Waals surface area contributed by atoms with Crippen molar-refractivity contribution in [2.75, 3.05) is 6.61 Å². The van der Waals surface area contributed by atoms with Gasteiger partial charge in [0.05, 0.1) is 23.5 Å². The van der Waals surface area contributed by atoms with Gasteiger partial charge < -0.3 is 10.1 Å². The monoisotopic (exact) mass is 458 g/mol. The van der Waals surface area contributed by atoms with Crippen LogP contribution in [0.4, 0.5) is 26.3 Å². The van der Waals surface area contributed by atoms with E-state index in [1.54, 1.807) is 6.92 Å². The van der Waals surface area contributed by atoms with E-state index in [1.165, 1.54) is 41.2 Å². The van der Waals surface area contributed by atoms with E-state index >= 15 is 0 Å². The molecule has 0 unspecified atom stereocenters. The van der Waals surface area contributed by atoms with Crippen LogP contribution in [0.3, 0.4) is 0 Å². The summed E-state index contributed by atoms with van der Waals surface area (Å²) in [5, 5.41) is 2.60. The third kappa shape index (κ3) is 5.77. The Hall–Kier alpha value is -3.57. The van der Waals surface area contributed by atoms with Crippen LogP contribution in [0.1, 0.15) is 34.8 Å². The van der Waals surface area contributed by atoms with E-state index in [9.17, 15) is 31.1 Å². The van der Waals surface area contributed by atoms with Crippen LogP contribution in [-0.2, 0) is 6.18 Å². The minimum Gasteiger partial charge on any atom is -0.483 e. The molecule has 0 saturated heterocycles. The molecule has 1 N–H and O–H groups in total. The largest absolute Gasteiger partial charge is 0.483 e. The summed E-state index contributed by atoms with van der Waals surface area (Å²) >= 11 is 0. The molecule has 2 heterocycles. The van der Waals surface area contributed by atoms with E-state index < -0.39 is 36.5 Å². The number of benzene rings is 1. The molecular weight excluding hydrogens is 442 g/mol. The molecule has 0 spiro atoms. The van der Waals surface area contributed by atoms with Crippen LogP contribution < -0.4 is 10.1 Å². The minimum absolute atomic E-state index is 0.0929. The zero-order valence-electron chi connectivity index (χ0n) is 16.4. The Morgan fingerprint density at radius 2 is 1.88 bits per heavy atom. The summed E-state index contributed by atoms with van der Waals surface area (Å²) in [5.41, 5.74) is -0.449. The number of aromatic nitrogens is 3. The van der Waals surface area contributed by atoms with Gasteiger partial charge in [-0.1, -0.05) is 6.07 Å². The van der Waals surface area contributed by atoms with Crippen molar-refractivity contribution in [3.8, 4) is 11.4 Å². The smallest absolute Gasteiger partial charge is 0.422 e. The summed E-state index contributed by atoms with van der Waals surface area (Å²) in [6.45, 7) is 0.118. The highest BCUT2D eigenvalue weighted by molar-refractivity contribution is 5.91. The SMILES string of the molecule is C[C@@H](NC(=O)c1nccn1-c1cccc(C(F)(F)F)c1)c1ccc(OCC(F)(F)F)cn1. The minimum atomic E-state index is -4.55. The van der Waals surface area contributed by atoms with Crippen molar-refractivity contribution in [1.82, 2.24) is 19.9 Å². The maximum Gasteiger partial charge on any atom is 0.422 e. The van der Waals surface area contributed by atoms with Crippen LogP contribution in [0, 0.1) is 0 Å². The number of hydrogen-bond acceptors (Lipinski definition) is 4. The van der Waals surface area contributed by atoms with Gasteiger partial charge in [0.15, 0.2) is 6.61 Å². The molecule has 6 nitrogen and oxygen atoms in total. The van der Waals surface area contributed by atoms with Gasteiger partial charge in [0.2, 0.25) is 5.82 Å². The Morgan fingerprint density at radius 1 is 1.12 bits per heavy atom. The van der Waals surface area contributed by atoms with Crippen molar-refractivity contribution >= 4 is 5.91 Å². The summed E-state index contributed by atoms with van der Waals surface area (Å²) in [6.07, 6.45) is -5.32. The molecular formula is C20H16F6N4O2. The van der Waals surface area contributed by atoms with E-state index in [-0.39, 0.29) is 17.3 Å². The van der Waals surface area contributed by atoms with Gasteiger partial charge in [-0.05, 0) is 37.3 Å². The van der Waals surface area contributed by atoms with Crippen LogP contribution in [0.2, 0.25) is 0 Å². The van der Waals surface area contributed by atoms with Gasteiger partial charge in [0, 0.05) is 18.1 Å². The lowest BCUT2D eigenvalue weighted by atomic mass is 10.2. The summed E-state index contributed by atoms with van der Waals surface area (Å²) in [4.78, 5) is 20.5. The van der Waals surface area contributed by atoms with Gasteiger partial charge in [-0.3, -0.25) is 14.3 Å². The fraction of sp³-hybridized carbons (Fsp3) is 0.250. The summed E-state index contributed by atoms with van der Waals surface area (Å²) in [7, 11) is 0. The summed E-state index contributed by atoms with van der Waals surface area (Å²) in [6, 6.07) is 6.41. The second-order valence-electron chi connectivity index (χ2n) is 6.69. The Kier molecular flexibility index (Phi) is 6.42. The quantitative estimate of drug-likeness (QED) is 0.543. The number of nitrogens with zero attached hydrogens (tertiary/aromatic N) is 3. The number of amides is 1. The number of ether oxygens (including phenoxy) is 1. The average Bonchev–Trinajstić information content (AvgIpc) is 3.22. The number of carbonyl (C=O) groups excluding carboxylic acids is 1. The first-order valence-corrected chi connectivity index (χ1v) is 9.11. The van der Waals surface area contributed by atoms with Gasteiger partial charge in [0.25, 0.3) is 5.91 Å². The normalized spacial score (nSPS) is 13.0. The Labute approximate surface area is 177 Å². The highest BCUT2D eigenvalue weighted by Crippen LogP contribution is 2.30. The summed E-state index contributed by atoms with van der Waals surface area (Å²) in [5.74, 6) is -0.926. The van der Waals surface area contributed by atoms with E-state index in [2.05, 4.69) is 20.0 Å². The van der Waals surface area contributed by atoms with Crippen molar-refractivity contribution in [1.29, 1.82) is 0 Å². The lowest BCUT2D eigenvalue weighted by Gasteiger charge is -2.15. The third-order valence-corrected chi connectivity index (χ3v) is 4.25. The van der Waals surface area contributed by atoms with Crippen LogP contribution >= 0.6 is 0 Å². The van der Waals surface area contributed by atoms with Crippen molar-refractivity contribution in [3.63, 3.8) is 0 Å². The van der Waals surface area contributed by atoms with Crippen LogP contribution in [-0.4, -0.2) is 33.2 Å². The Morgan fingerprint density at radius 3 is 2.50 bits per heavy atom. The Balaban J connectivity index is 1.72. The number of imidazole rings is 1. The average molecular weight is 458 g/mol. The predicted molar refractivity (Wildman–Crippen MR) is 100 cm³/mol. The van der Waals surface area contributed by atoms with Crippen LogP contribution in [0.5, 0.6) is 5.75 Å². The van der Waals surface area contributed by atoms with Crippen LogP contribution in [0.25, 0.3) is 5.69 Å². The lowest BCUT2D eigenvalue weighted by molar-refractivity contribution is -0.153. The molecule has 1 atom stereocenters. The molecule has 0 radical (unpaired) electrons. The molecule has 3 rings (SSSR count). The number of carbonyl (C=O) groups is 1. The molecule has 0 saturated carbocycles. The van der Waals surface area contributed by atoms with E-state index in [4.69, 9.17) is 0 Å². The highest BCUT2D eigenvalue weighted by Gasteiger charge is 2.31. The molecule has 3 aromatic rings. The van der Waals surface area contributed by atoms with Gasteiger partial charge in [-0.25, -0.2) is 4.98 Å². The van der Waals surface area contributed by atoms with Crippen molar-refractivity contribution < 1.29 is 35.9 Å². The molecule has 0 bridgehead atoms. The maximum atomic E-state index is 13.0. The molecule has 1 amide bonds. The number of hydrogen-bond donors (Lipinski definition) is 1. The first-order valence-electron chi connectivity index (χ1n) is 9.11. The van der Waals surface area contributed by atoms with Gasteiger partial charge in [0.1, 0.15) is 5.75 Å². The number of rotatable bonds is 6. The van der Waals surface area contributed by atoms with Gasteiger partial charge >= 0.3 is 12.4 Å². The van der Waals surface area contributed by atoms with Gasteiger partial charge in [-0.15, -0.1) is 0 Å². The first-order chi connectivity index (χ1) is 14.9. The zero-order chi connectivity index (χ0) is 23.5. The van der Waals surface area contributed by atoms with E-state index in [1.807, 2.05) is 0 Å². The van der Waals surface area contributed by atoms with Crippen molar-refractivity contribution in [2.24, 2.45) is 0 Å². The fourth-order valence-corrected chi connectivity index (χ4v) is 2.75.